The molecule has 114 valence electrons. The molecule has 0 aromatic heterocycles. The summed E-state index contributed by atoms with van der Waals surface area (Å²) in [6.45, 7) is 3.39. The van der Waals surface area contributed by atoms with Gasteiger partial charge < -0.3 is 10.2 Å². The molecule has 0 unspecified atom stereocenters. The molecule has 20 heavy (non-hydrogen) atoms. The number of alkyl halides is 2. The van der Waals surface area contributed by atoms with Crippen LogP contribution in [-0.4, -0.2) is 54.8 Å². The molecule has 0 bridgehead atoms. The van der Waals surface area contributed by atoms with Gasteiger partial charge in [-0.15, -0.1) is 0 Å². The Kier molecular flexibility index (Phi) is 6.50. The predicted molar refractivity (Wildman–Crippen MR) is 72.7 cm³/mol. The smallest absolute Gasteiger partial charge is 0.294 e. The fraction of sp³-hybridized carbons (Fsp3) is 0.750. The number of aliphatic imine (C=N–C) groups is 1. The third kappa shape index (κ3) is 6.55. The van der Waals surface area contributed by atoms with E-state index in [9.17, 15) is 18.9 Å². The molecule has 0 amide bonds. The van der Waals surface area contributed by atoms with Crippen LogP contribution in [0.4, 0.5) is 8.78 Å². The van der Waals surface area contributed by atoms with Gasteiger partial charge in [0.25, 0.3) is 12.6 Å². The molecule has 0 radical (unpaired) electrons. The Bertz CT molecular complexity index is 376. The molecule has 1 N–H and O–H groups in total. The zero-order chi connectivity index (χ0) is 15.0. The molecule has 0 aromatic carbocycles. The SMILES string of the molecule is C/C=C(\C=N/C[N+](=O)[O-])NCCN1CCC(F)(F)CC1. The summed E-state index contributed by atoms with van der Waals surface area (Å²) < 4.78 is 25.9. The first-order valence-corrected chi connectivity index (χ1v) is 6.55. The lowest BCUT2D eigenvalue weighted by molar-refractivity contribution is -0.477. The Morgan fingerprint density at radius 1 is 1.50 bits per heavy atom. The van der Waals surface area contributed by atoms with Crippen LogP contribution in [0, 0.1) is 10.1 Å². The number of piperidine rings is 1. The zero-order valence-electron chi connectivity index (χ0n) is 11.5. The second kappa shape index (κ2) is 7.88. The van der Waals surface area contributed by atoms with Gasteiger partial charge in [0.15, 0.2) is 0 Å². The molecule has 0 aliphatic carbocycles. The Morgan fingerprint density at radius 2 is 2.15 bits per heavy atom. The molecule has 1 saturated heterocycles. The summed E-state index contributed by atoms with van der Waals surface area (Å²) in [5, 5.41) is 13.2. The summed E-state index contributed by atoms with van der Waals surface area (Å²) in [4.78, 5) is 15.2. The predicted octanol–water partition coefficient (Wildman–Crippen LogP) is 1.52. The minimum Gasteiger partial charge on any atom is -0.383 e. The van der Waals surface area contributed by atoms with Crippen molar-refractivity contribution in [3.05, 3.63) is 21.9 Å². The van der Waals surface area contributed by atoms with E-state index >= 15 is 0 Å². The number of allylic oxidation sites excluding steroid dienone is 2. The lowest BCUT2D eigenvalue weighted by Gasteiger charge is -2.31. The number of hydrogen-bond acceptors (Lipinski definition) is 5. The molecule has 8 heteroatoms. The standard InChI is InChI=1S/C12H20F2N4O2/c1-2-11(9-15-10-18(19)20)16-5-8-17-6-3-12(13,14)4-7-17/h2,9,16H,3-8,10H2,1H3/b11-2+,15-9-. The van der Waals surface area contributed by atoms with Crippen molar-refractivity contribution in [3.8, 4) is 0 Å². The van der Waals surface area contributed by atoms with Crippen LogP contribution in [0.15, 0.2) is 16.8 Å². The van der Waals surface area contributed by atoms with Gasteiger partial charge in [-0.05, 0) is 6.92 Å². The van der Waals surface area contributed by atoms with Gasteiger partial charge in [-0.2, -0.15) is 0 Å². The van der Waals surface area contributed by atoms with Gasteiger partial charge >= 0.3 is 0 Å². The average Bonchev–Trinajstić information content (AvgIpc) is 2.38. The summed E-state index contributed by atoms with van der Waals surface area (Å²) in [5.74, 6) is -2.52. The minimum atomic E-state index is -2.52. The summed E-state index contributed by atoms with van der Waals surface area (Å²) in [7, 11) is 0. The molecule has 0 spiro atoms. The van der Waals surface area contributed by atoms with E-state index in [-0.39, 0.29) is 12.8 Å². The van der Waals surface area contributed by atoms with E-state index in [1.165, 1.54) is 6.21 Å². The number of rotatable bonds is 7. The zero-order valence-corrected chi connectivity index (χ0v) is 11.5. The van der Waals surface area contributed by atoms with Crippen LogP contribution in [0.2, 0.25) is 0 Å². The first-order valence-electron chi connectivity index (χ1n) is 6.55. The molecular formula is C12H20F2N4O2. The van der Waals surface area contributed by atoms with Crippen LogP contribution in [0.1, 0.15) is 19.8 Å². The number of nitro groups is 1. The number of halogens is 2. The minimum absolute atomic E-state index is 0.0895. The summed E-state index contributed by atoms with van der Waals surface area (Å²) in [6, 6.07) is 0. The molecule has 0 aromatic rings. The number of hydrogen-bond donors (Lipinski definition) is 1. The first-order chi connectivity index (χ1) is 9.43. The van der Waals surface area contributed by atoms with E-state index in [1.807, 2.05) is 4.90 Å². The van der Waals surface area contributed by atoms with E-state index in [0.717, 1.165) is 0 Å². The highest BCUT2D eigenvalue weighted by Gasteiger charge is 2.33. The normalized spacial score (nSPS) is 20.2. The van der Waals surface area contributed by atoms with Crippen molar-refractivity contribution in [2.45, 2.75) is 25.7 Å². The lowest BCUT2D eigenvalue weighted by atomic mass is 10.1. The third-order valence-electron chi connectivity index (χ3n) is 3.08. The van der Waals surface area contributed by atoms with Crippen LogP contribution < -0.4 is 5.32 Å². The van der Waals surface area contributed by atoms with Gasteiger partial charge in [0.1, 0.15) is 0 Å². The van der Waals surface area contributed by atoms with Crippen molar-refractivity contribution in [1.29, 1.82) is 0 Å². The van der Waals surface area contributed by atoms with Gasteiger partial charge in [0.2, 0.25) is 0 Å². The summed E-state index contributed by atoms with van der Waals surface area (Å²) in [5.41, 5.74) is 0.689. The highest BCUT2D eigenvalue weighted by atomic mass is 19.3. The van der Waals surface area contributed by atoms with Crippen LogP contribution in [0.5, 0.6) is 0 Å². The highest BCUT2D eigenvalue weighted by Crippen LogP contribution is 2.27. The number of likely N-dealkylation sites (tertiary alicyclic amines) is 1. The molecule has 1 fully saturated rings. The van der Waals surface area contributed by atoms with Crippen molar-refractivity contribution in [3.63, 3.8) is 0 Å². The van der Waals surface area contributed by atoms with Crippen molar-refractivity contribution < 1.29 is 13.7 Å². The highest BCUT2D eigenvalue weighted by molar-refractivity contribution is 5.77. The number of nitrogens with one attached hydrogen (secondary N) is 1. The molecule has 0 saturated carbocycles. The van der Waals surface area contributed by atoms with Crippen molar-refractivity contribution in [2.24, 2.45) is 4.99 Å². The van der Waals surface area contributed by atoms with E-state index in [2.05, 4.69) is 10.3 Å². The van der Waals surface area contributed by atoms with Crippen LogP contribution in [-0.2, 0) is 0 Å². The third-order valence-corrected chi connectivity index (χ3v) is 3.08. The fourth-order valence-electron chi connectivity index (χ4n) is 1.89. The van der Waals surface area contributed by atoms with Gasteiger partial charge in [-0.1, -0.05) is 6.08 Å². The molecule has 6 nitrogen and oxygen atoms in total. The van der Waals surface area contributed by atoms with Crippen LogP contribution >= 0.6 is 0 Å². The van der Waals surface area contributed by atoms with Crippen molar-refractivity contribution in [1.82, 2.24) is 10.2 Å². The maximum Gasteiger partial charge on any atom is 0.294 e. The average molecular weight is 290 g/mol. The Hall–Kier alpha value is -1.57. The van der Waals surface area contributed by atoms with E-state index in [1.54, 1.807) is 13.0 Å². The molecule has 1 aliphatic heterocycles. The van der Waals surface area contributed by atoms with Gasteiger partial charge in [-0.3, -0.25) is 10.1 Å². The molecular weight excluding hydrogens is 270 g/mol. The largest absolute Gasteiger partial charge is 0.383 e. The molecule has 1 rings (SSSR count). The monoisotopic (exact) mass is 290 g/mol. The summed E-state index contributed by atoms with van der Waals surface area (Å²) >= 11 is 0. The van der Waals surface area contributed by atoms with Gasteiger partial charge in [-0.25, -0.2) is 13.8 Å². The second-order valence-electron chi connectivity index (χ2n) is 4.65. The quantitative estimate of drug-likeness (QED) is 0.438. The van der Waals surface area contributed by atoms with Crippen LogP contribution in [0.25, 0.3) is 0 Å². The lowest BCUT2D eigenvalue weighted by Crippen LogP contribution is -2.42. The van der Waals surface area contributed by atoms with E-state index < -0.39 is 17.5 Å². The van der Waals surface area contributed by atoms with Crippen molar-refractivity contribution in [2.75, 3.05) is 32.8 Å². The number of nitrogens with zero attached hydrogens (tertiary/aromatic N) is 3. The maximum atomic E-state index is 13.0. The Morgan fingerprint density at radius 3 is 2.70 bits per heavy atom. The van der Waals surface area contributed by atoms with Crippen LogP contribution in [0.3, 0.4) is 0 Å². The van der Waals surface area contributed by atoms with E-state index in [0.29, 0.717) is 31.9 Å². The second-order valence-corrected chi connectivity index (χ2v) is 4.65. The Labute approximate surface area is 116 Å². The maximum absolute atomic E-state index is 13.0. The van der Waals surface area contributed by atoms with Gasteiger partial charge in [0, 0.05) is 49.6 Å². The molecule has 1 heterocycles. The fourth-order valence-corrected chi connectivity index (χ4v) is 1.89. The first kappa shape index (κ1) is 16.5. The van der Waals surface area contributed by atoms with Gasteiger partial charge in [0.05, 0.1) is 6.21 Å². The van der Waals surface area contributed by atoms with E-state index in [4.69, 9.17) is 0 Å². The molecule has 1 aliphatic rings. The topological polar surface area (TPSA) is 70.8 Å². The van der Waals surface area contributed by atoms with Crippen molar-refractivity contribution >= 4 is 6.21 Å². The molecule has 0 atom stereocenters. The summed E-state index contributed by atoms with van der Waals surface area (Å²) in [6.07, 6.45) is 2.99. The Balaban J connectivity index is 2.22.